The molecule has 0 radical (unpaired) electrons. The minimum absolute atomic E-state index is 0.144. The highest BCUT2D eigenvalue weighted by molar-refractivity contribution is 5.71. The van der Waals surface area contributed by atoms with Gasteiger partial charge in [0.15, 0.2) is 0 Å². The van der Waals surface area contributed by atoms with E-state index in [4.69, 9.17) is 0 Å². The second-order valence-corrected chi connectivity index (χ2v) is 5.95. The standard InChI is InChI=1S/C14H24O3/c1-9(10-7-4-8-10)13(15)12(14(16)17)11-5-2-3-6-11/h9-13,15H,2-8H2,1H3,(H,16,17). The van der Waals surface area contributed by atoms with Crippen LogP contribution in [-0.2, 0) is 4.79 Å². The molecule has 3 unspecified atom stereocenters. The summed E-state index contributed by atoms with van der Waals surface area (Å²) in [5.41, 5.74) is 0. The first-order valence-corrected chi connectivity index (χ1v) is 7.02. The largest absolute Gasteiger partial charge is 0.481 e. The van der Waals surface area contributed by atoms with Gasteiger partial charge in [-0.2, -0.15) is 0 Å². The van der Waals surface area contributed by atoms with Crippen molar-refractivity contribution in [3.63, 3.8) is 0 Å². The number of carboxylic acids is 1. The van der Waals surface area contributed by atoms with Gasteiger partial charge in [0.25, 0.3) is 0 Å². The fraction of sp³-hybridized carbons (Fsp3) is 0.929. The topological polar surface area (TPSA) is 57.5 Å². The summed E-state index contributed by atoms with van der Waals surface area (Å²) in [6.45, 7) is 2.03. The Labute approximate surface area is 103 Å². The molecule has 0 aromatic heterocycles. The summed E-state index contributed by atoms with van der Waals surface area (Å²) >= 11 is 0. The third-order valence-corrected chi connectivity index (χ3v) is 4.99. The molecule has 2 rings (SSSR count). The van der Waals surface area contributed by atoms with Crippen LogP contribution in [0.4, 0.5) is 0 Å². The Kier molecular flexibility index (Phi) is 4.08. The summed E-state index contributed by atoms with van der Waals surface area (Å²) in [6, 6.07) is 0. The van der Waals surface area contributed by atoms with Crippen LogP contribution in [0.5, 0.6) is 0 Å². The van der Waals surface area contributed by atoms with Gasteiger partial charge in [0, 0.05) is 0 Å². The van der Waals surface area contributed by atoms with E-state index in [1.165, 1.54) is 6.42 Å². The molecule has 0 spiro atoms. The molecule has 0 saturated heterocycles. The van der Waals surface area contributed by atoms with Crippen LogP contribution in [0.25, 0.3) is 0 Å². The minimum Gasteiger partial charge on any atom is -0.481 e. The fourth-order valence-corrected chi connectivity index (χ4v) is 3.51. The van der Waals surface area contributed by atoms with Gasteiger partial charge in [0.1, 0.15) is 0 Å². The van der Waals surface area contributed by atoms with Crippen LogP contribution in [-0.4, -0.2) is 22.3 Å². The second-order valence-electron chi connectivity index (χ2n) is 5.95. The molecule has 3 nitrogen and oxygen atoms in total. The molecule has 0 aliphatic heterocycles. The maximum absolute atomic E-state index is 11.4. The van der Waals surface area contributed by atoms with Crippen molar-refractivity contribution in [1.29, 1.82) is 0 Å². The summed E-state index contributed by atoms with van der Waals surface area (Å²) < 4.78 is 0. The molecule has 17 heavy (non-hydrogen) atoms. The second kappa shape index (κ2) is 5.38. The van der Waals surface area contributed by atoms with E-state index in [0.29, 0.717) is 5.92 Å². The molecule has 3 heteroatoms. The van der Waals surface area contributed by atoms with Crippen LogP contribution < -0.4 is 0 Å². The van der Waals surface area contributed by atoms with Crippen molar-refractivity contribution in [2.24, 2.45) is 23.7 Å². The molecule has 0 aromatic rings. The number of hydrogen-bond donors (Lipinski definition) is 2. The van der Waals surface area contributed by atoms with Crippen molar-refractivity contribution >= 4 is 5.97 Å². The molecule has 2 N–H and O–H groups in total. The number of aliphatic hydroxyl groups is 1. The quantitative estimate of drug-likeness (QED) is 0.776. The SMILES string of the molecule is CC(C1CCC1)C(O)C(C(=O)O)C1CCCC1. The molecule has 0 aromatic carbocycles. The van der Waals surface area contributed by atoms with Gasteiger partial charge in [-0.25, -0.2) is 0 Å². The van der Waals surface area contributed by atoms with Crippen molar-refractivity contribution in [3.05, 3.63) is 0 Å². The highest BCUT2D eigenvalue weighted by atomic mass is 16.4. The number of rotatable bonds is 5. The summed E-state index contributed by atoms with van der Waals surface area (Å²) in [7, 11) is 0. The van der Waals surface area contributed by atoms with E-state index in [-0.39, 0.29) is 11.8 Å². The third kappa shape index (κ3) is 2.65. The highest BCUT2D eigenvalue weighted by Crippen LogP contribution is 2.40. The number of carboxylic acid groups (broad SMARTS) is 1. The predicted molar refractivity (Wildman–Crippen MR) is 65.6 cm³/mol. The van der Waals surface area contributed by atoms with E-state index >= 15 is 0 Å². The van der Waals surface area contributed by atoms with Gasteiger partial charge in [-0.15, -0.1) is 0 Å². The lowest BCUT2D eigenvalue weighted by Crippen LogP contribution is -2.41. The van der Waals surface area contributed by atoms with Gasteiger partial charge in [-0.05, 0) is 30.6 Å². The number of carbonyl (C=O) groups is 1. The molecule has 3 atom stereocenters. The third-order valence-electron chi connectivity index (χ3n) is 4.99. The van der Waals surface area contributed by atoms with E-state index < -0.39 is 18.0 Å². The Hall–Kier alpha value is -0.570. The lowest BCUT2D eigenvalue weighted by molar-refractivity contribution is -0.151. The first-order valence-electron chi connectivity index (χ1n) is 7.02. The molecule has 2 aliphatic carbocycles. The molecule has 2 saturated carbocycles. The average molecular weight is 240 g/mol. The van der Waals surface area contributed by atoms with E-state index in [2.05, 4.69) is 0 Å². The highest BCUT2D eigenvalue weighted by Gasteiger charge is 2.41. The van der Waals surface area contributed by atoms with Gasteiger partial charge in [-0.1, -0.05) is 39.0 Å². The molecule has 2 aliphatic rings. The number of aliphatic carboxylic acids is 1. The number of hydrogen-bond acceptors (Lipinski definition) is 2. The van der Waals surface area contributed by atoms with Gasteiger partial charge < -0.3 is 10.2 Å². The van der Waals surface area contributed by atoms with Crippen molar-refractivity contribution in [2.45, 2.75) is 58.0 Å². The lowest BCUT2D eigenvalue weighted by Gasteiger charge is -2.37. The fourth-order valence-electron chi connectivity index (χ4n) is 3.51. The maximum Gasteiger partial charge on any atom is 0.309 e. The van der Waals surface area contributed by atoms with Crippen molar-refractivity contribution in [3.8, 4) is 0 Å². The van der Waals surface area contributed by atoms with Crippen molar-refractivity contribution in [2.75, 3.05) is 0 Å². The van der Waals surface area contributed by atoms with Crippen LogP contribution in [0.1, 0.15) is 51.9 Å². The van der Waals surface area contributed by atoms with E-state index in [0.717, 1.165) is 38.5 Å². The normalized spacial score (nSPS) is 27.4. The Morgan fingerprint density at radius 1 is 1.06 bits per heavy atom. The van der Waals surface area contributed by atoms with Gasteiger partial charge >= 0.3 is 5.97 Å². The zero-order valence-electron chi connectivity index (χ0n) is 10.6. The lowest BCUT2D eigenvalue weighted by atomic mass is 9.70. The molecule has 2 fully saturated rings. The molecule has 0 amide bonds. The van der Waals surface area contributed by atoms with Crippen LogP contribution in [0.15, 0.2) is 0 Å². The smallest absolute Gasteiger partial charge is 0.309 e. The van der Waals surface area contributed by atoms with E-state index in [1.807, 2.05) is 6.92 Å². The van der Waals surface area contributed by atoms with Gasteiger partial charge in [-0.3, -0.25) is 4.79 Å². The van der Waals surface area contributed by atoms with Gasteiger partial charge in [0.05, 0.1) is 12.0 Å². The first-order chi connectivity index (χ1) is 8.11. The van der Waals surface area contributed by atoms with Crippen LogP contribution in [0.3, 0.4) is 0 Å². The Balaban J connectivity index is 2.00. The average Bonchev–Trinajstić information content (AvgIpc) is 2.67. The monoisotopic (exact) mass is 240 g/mol. The summed E-state index contributed by atoms with van der Waals surface area (Å²) in [4.78, 5) is 11.4. The maximum atomic E-state index is 11.4. The van der Waals surface area contributed by atoms with E-state index in [1.54, 1.807) is 0 Å². The zero-order chi connectivity index (χ0) is 12.4. The minimum atomic E-state index is -0.796. The molecular weight excluding hydrogens is 216 g/mol. The first kappa shape index (κ1) is 12.9. The van der Waals surface area contributed by atoms with Crippen LogP contribution in [0, 0.1) is 23.7 Å². The van der Waals surface area contributed by atoms with Crippen molar-refractivity contribution < 1.29 is 15.0 Å². The van der Waals surface area contributed by atoms with Crippen LogP contribution in [0.2, 0.25) is 0 Å². The van der Waals surface area contributed by atoms with Crippen LogP contribution >= 0.6 is 0 Å². The van der Waals surface area contributed by atoms with Crippen molar-refractivity contribution in [1.82, 2.24) is 0 Å². The molecule has 0 heterocycles. The predicted octanol–water partition coefficient (Wildman–Crippen LogP) is 2.67. The number of aliphatic hydroxyl groups excluding tert-OH is 1. The Morgan fingerprint density at radius 3 is 2.00 bits per heavy atom. The summed E-state index contributed by atoms with van der Waals surface area (Å²) in [6.07, 6.45) is 7.11. The Bertz CT molecular complexity index is 267. The molecule has 0 bridgehead atoms. The molecule has 98 valence electrons. The Morgan fingerprint density at radius 2 is 1.59 bits per heavy atom. The summed E-state index contributed by atoms with van der Waals surface area (Å²) in [5, 5.41) is 19.7. The zero-order valence-corrected chi connectivity index (χ0v) is 10.6. The summed E-state index contributed by atoms with van der Waals surface area (Å²) in [5.74, 6) is -0.438. The molecular formula is C14H24O3. The van der Waals surface area contributed by atoms with Gasteiger partial charge in [0.2, 0.25) is 0 Å². The van der Waals surface area contributed by atoms with E-state index in [9.17, 15) is 15.0 Å².